The third-order valence-corrected chi connectivity index (χ3v) is 3.20. The molecule has 16 heavy (non-hydrogen) atoms. The predicted molar refractivity (Wildman–Crippen MR) is 63.9 cm³/mol. The summed E-state index contributed by atoms with van der Waals surface area (Å²) >= 11 is 6.09. The maximum Gasteiger partial charge on any atom is 0.135 e. The van der Waals surface area contributed by atoms with Crippen molar-refractivity contribution in [3.63, 3.8) is 0 Å². The van der Waals surface area contributed by atoms with Gasteiger partial charge in [-0.1, -0.05) is 11.6 Å². The molecule has 4 heteroatoms. The number of aromatic nitrogens is 1. The van der Waals surface area contributed by atoms with Crippen LogP contribution in [0.4, 0.5) is 10.1 Å². The number of halogens is 2. The summed E-state index contributed by atoms with van der Waals surface area (Å²) in [6, 6.07) is 7.61. The lowest BCUT2D eigenvalue weighted by molar-refractivity contribution is 0.275. The lowest BCUT2D eigenvalue weighted by Crippen LogP contribution is -2.48. The highest BCUT2D eigenvalue weighted by Gasteiger charge is 2.26. The second-order valence-electron chi connectivity index (χ2n) is 4.00. The van der Waals surface area contributed by atoms with E-state index in [9.17, 15) is 4.39 Å². The summed E-state index contributed by atoms with van der Waals surface area (Å²) in [5.74, 6) is 0. The highest BCUT2D eigenvalue weighted by atomic mass is 35.5. The molecule has 0 amide bonds. The Morgan fingerprint density at radius 2 is 2.12 bits per heavy atom. The Labute approximate surface area is 97.7 Å². The summed E-state index contributed by atoms with van der Waals surface area (Å²) in [6.07, 6.45) is 0.992. The number of pyridine rings is 1. The van der Waals surface area contributed by atoms with E-state index >= 15 is 0 Å². The van der Waals surface area contributed by atoms with Crippen LogP contribution in [0.1, 0.15) is 0 Å². The zero-order valence-corrected chi connectivity index (χ0v) is 9.28. The van der Waals surface area contributed by atoms with Crippen LogP contribution in [0, 0.1) is 0 Å². The Morgan fingerprint density at radius 1 is 1.31 bits per heavy atom. The Morgan fingerprint density at radius 3 is 2.88 bits per heavy atom. The number of nitrogens with zero attached hydrogens (tertiary/aromatic N) is 2. The van der Waals surface area contributed by atoms with Crippen LogP contribution < -0.4 is 4.90 Å². The van der Waals surface area contributed by atoms with Gasteiger partial charge in [0, 0.05) is 17.3 Å². The van der Waals surface area contributed by atoms with Crippen LogP contribution in [-0.2, 0) is 0 Å². The molecule has 0 unspecified atom stereocenters. The number of benzene rings is 1. The van der Waals surface area contributed by atoms with E-state index in [2.05, 4.69) is 4.98 Å². The molecule has 1 saturated heterocycles. The van der Waals surface area contributed by atoms with E-state index in [0.717, 1.165) is 16.6 Å². The average Bonchev–Trinajstić information content (AvgIpc) is 2.25. The van der Waals surface area contributed by atoms with Crippen molar-refractivity contribution in [2.24, 2.45) is 0 Å². The third kappa shape index (κ3) is 1.52. The van der Waals surface area contributed by atoms with Crippen molar-refractivity contribution in [3.8, 4) is 0 Å². The van der Waals surface area contributed by atoms with E-state index in [-0.39, 0.29) is 0 Å². The van der Waals surface area contributed by atoms with Crippen molar-refractivity contribution in [3.05, 3.63) is 35.5 Å². The van der Waals surface area contributed by atoms with Gasteiger partial charge in [-0.05, 0) is 24.3 Å². The summed E-state index contributed by atoms with van der Waals surface area (Å²) in [5, 5.41) is 1.60. The Kier molecular flexibility index (Phi) is 2.21. The van der Waals surface area contributed by atoms with Gasteiger partial charge in [-0.25, -0.2) is 4.39 Å². The molecular formula is C12H10ClFN2. The molecule has 0 aliphatic carbocycles. The summed E-state index contributed by atoms with van der Waals surface area (Å²) in [4.78, 5) is 6.22. The molecule has 1 aromatic carbocycles. The first-order chi connectivity index (χ1) is 7.74. The van der Waals surface area contributed by atoms with E-state index < -0.39 is 6.17 Å². The number of fused-ring (bicyclic) bond motifs is 1. The van der Waals surface area contributed by atoms with Gasteiger partial charge in [0.2, 0.25) is 0 Å². The predicted octanol–water partition coefficient (Wildman–Crippen LogP) is 3.05. The Bertz CT molecular complexity index is 538. The van der Waals surface area contributed by atoms with Gasteiger partial charge in [-0.2, -0.15) is 0 Å². The van der Waals surface area contributed by atoms with Crippen molar-refractivity contribution in [1.82, 2.24) is 4.98 Å². The van der Waals surface area contributed by atoms with Gasteiger partial charge in [0.15, 0.2) is 0 Å². The summed E-state index contributed by atoms with van der Waals surface area (Å²) in [7, 11) is 0. The van der Waals surface area contributed by atoms with Crippen LogP contribution in [0.25, 0.3) is 10.9 Å². The van der Waals surface area contributed by atoms with Crippen molar-refractivity contribution >= 4 is 28.2 Å². The lowest BCUT2D eigenvalue weighted by atomic mass is 10.1. The monoisotopic (exact) mass is 236 g/mol. The second-order valence-corrected chi connectivity index (χ2v) is 4.40. The number of hydrogen-bond acceptors (Lipinski definition) is 2. The first-order valence-electron chi connectivity index (χ1n) is 5.17. The van der Waals surface area contributed by atoms with Crippen LogP contribution in [0.2, 0.25) is 5.02 Å². The molecule has 2 heterocycles. The number of hydrogen-bond donors (Lipinski definition) is 0. The van der Waals surface area contributed by atoms with Crippen LogP contribution in [0.5, 0.6) is 0 Å². The van der Waals surface area contributed by atoms with Crippen molar-refractivity contribution < 1.29 is 4.39 Å². The molecule has 0 radical (unpaired) electrons. The summed E-state index contributed by atoms with van der Waals surface area (Å²) in [6.45, 7) is 0.951. The third-order valence-electron chi connectivity index (χ3n) is 2.87. The zero-order chi connectivity index (χ0) is 11.1. The number of anilines is 1. The highest BCUT2D eigenvalue weighted by molar-refractivity contribution is 6.35. The summed E-state index contributed by atoms with van der Waals surface area (Å²) in [5.41, 5.74) is 1.88. The lowest BCUT2D eigenvalue weighted by Gasteiger charge is -2.36. The molecule has 1 aromatic heterocycles. The molecule has 1 aliphatic heterocycles. The van der Waals surface area contributed by atoms with Crippen molar-refractivity contribution in [2.45, 2.75) is 6.17 Å². The molecule has 3 rings (SSSR count). The number of rotatable bonds is 1. The van der Waals surface area contributed by atoms with Crippen LogP contribution in [0.15, 0.2) is 30.5 Å². The van der Waals surface area contributed by atoms with E-state index in [0.29, 0.717) is 18.1 Å². The molecule has 82 valence electrons. The van der Waals surface area contributed by atoms with Crippen molar-refractivity contribution in [1.29, 1.82) is 0 Å². The molecule has 1 fully saturated rings. The molecule has 0 N–H and O–H groups in total. The molecule has 2 aromatic rings. The van der Waals surface area contributed by atoms with Gasteiger partial charge >= 0.3 is 0 Å². The summed E-state index contributed by atoms with van der Waals surface area (Å²) < 4.78 is 12.8. The normalized spacial score (nSPS) is 16.5. The molecule has 2 nitrogen and oxygen atoms in total. The van der Waals surface area contributed by atoms with E-state index in [1.165, 1.54) is 0 Å². The second kappa shape index (κ2) is 3.59. The van der Waals surface area contributed by atoms with Crippen molar-refractivity contribution in [2.75, 3.05) is 18.0 Å². The zero-order valence-electron chi connectivity index (χ0n) is 8.53. The average molecular weight is 237 g/mol. The maximum absolute atomic E-state index is 12.8. The molecular weight excluding hydrogens is 227 g/mol. The van der Waals surface area contributed by atoms with Crippen LogP contribution >= 0.6 is 11.6 Å². The SMILES string of the molecule is FC1CN(c2ccc3nccc(Cl)c3c2)C1. The van der Waals surface area contributed by atoms with Crippen LogP contribution in [0.3, 0.4) is 0 Å². The van der Waals surface area contributed by atoms with Gasteiger partial charge in [-0.3, -0.25) is 4.98 Å². The molecule has 1 aliphatic rings. The van der Waals surface area contributed by atoms with E-state index in [4.69, 9.17) is 11.6 Å². The van der Waals surface area contributed by atoms with Crippen LogP contribution in [-0.4, -0.2) is 24.2 Å². The highest BCUT2D eigenvalue weighted by Crippen LogP contribution is 2.29. The largest absolute Gasteiger partial charge is 0.366 e. The van der Waals surface area contributed by atoms with Gasteiger partial charge in [0.25, 0.3) is 0 Å². The fraction of sp³-hybridized carbons (Fsp3) is 0.250. The minimum absolute atomic E-state index is 0.476. The Balaban J connectivity index is 2.05. The topological polar surface area (TPSA) is 16.1 Å². The molecule has 0 bridgehead atoms. The fourth-order valence-electron chi connectivity index (χ4n) is 1.93. The van der Waals surface area contributed by atoms with Gasteiger partial charge in [0.05, 0.1) is 23.6 Å². The quantitative estimate of drug-likeness (QED) is 0.757. The molecule has 0 spiro atoms. The number of alkyl halides is 1. The fourth-order valence-corrected chi connectivity index (χ4v) is 2.14. The minimum atomic E-state index is -0.694. The first kappa shape index (κ1) is 9.85. The van der Waals surface area contributed by atoms with Gasteiger partial charge in [0.1, 0.15) is 6.17 Å². The minimum Gasteiger partial charge on any atom is -0.366 e. The Hall–Kier alpha value is -1.35. The maximum atomic E-state index is 12.8. The molecule has 0 saturated carbocycles. The van der Waals surface area contributed by atoms with E-state index in [1.807, 2.05) is 23.1 Å². The standard InChI is InChI=1S/C12H10ClFN2/c13-11-3-4-15-12-2-1-9(5-10(11)12)16-6-8(14)7-16/h1-5,8H,6-7H2. The molecule has 0 atom stereocenters. The van der Waals surface area contributed by atoms with Gasteiger partial charge in [-0.15, -0.1) is 0 Å². The van der Waals surface area contributed by atoms with E-state index in [1.54, 1.807) is 12.3 Å². The van der Waals surface area contributed by atoms with Gasteiger partial charge < -0.3 is 4.90 Å². The smallest absolute Gasteiger partial charge is 0.135 e. The first-order valence-corrected chi connectivity index (χ1v) is 5.55.